The number of carbonyl (C=O) groups is 1. The Morgan fingerprint density at radius 1 is 1.39 bits per heavy atom. The van der Waals surface area contributed by atoms with Crippen LogP contribution in [0.4, 0.5) is 0 Å². The Labute approximate surface area is 117 Å². The summed E-state index contributed by atoms with van der Waals surface area (Å²) in [5.41, 5.74) is 0. The van der Waals surface area contributed by atoms with Crippen molar-refractivity contribution in [1.82, 2.24) is 9.62 Å². The second-order valence-corrected chi connectivity index (χ2v) is 7.38. The first-order chi connectivity index (χ1) is 8.49. The van der Waals surface area contributed by atoms with Crippen LogP contribution in [0.25, 0.3) is 0 Å². The maximum atomic E-state index is 11.8. The molecular weight excluding hydrogens is 320 g/mol. The Morgan fingerprint density at radius 2 is 2.00 bits per heavy atom. The zero-order chi connectivity index (χ0) is 13.6. The Bertz CT molecular complexity index is 364. The number of rotatable bonds is 6. The highest BCUT2D eigenvalue weighted by atomic mass is 79.9. The molecule has 106 valence electrons. The highest BCUT2D eigenvalue weighted by Gasteiger charge is 2.27. The number of sulfonamides is 1. The third-order valence-electron chi connectivity index (χ3n) is 3.00. The molecule has 0 aromatic heterocycles. The van der Waals surface area contributed by atoms with E-state index in [1.807, 2.05) is 6.92 Å². The predicted molar refractivity (Wildman–Crippen MR) is 75.2 cm³/mol. The van der Waals surface area contributed by atoms with E-state index in [4.69, 9.17) is 0 Å². The minimum absolute atomic E-state index is 0.0294. The van der Waals surface area contributed by atoms with Gasteiger partial charge >= 0.3 is 0 Å². The van der Waals surface area contributed by atoms with E-state index in [0.717, 1.165) is 0 Å². The summed E-state index contributed by atoms with van der Waals surface area (Å²) in [6.07, 6.45) is 2.52. The Balaban J connectivity index is 2.39. The molecule has 1 aliphatic rings. The highest BCUT2D eigenvalue weighted by molar-refractivity contribution is 9.09. The van der Waals surface area contributed by atoms with Crippen molar-refractivity contribution in [3.05, 3.63) is 0 Å². The number of piperidine rings is 1. The van der Waals surface area contributed by atoms with Gasteiger partial charge in [0.2, 0.25) is 15.9 Å². The normalized spacial score (nSPS) is 18.8. The molecule has 0 aliphatic carbocycles. The summed E-state index contributed by atoms with van der Waals surface area (Å²) in [5, 5.41) is 3.59. The smallest absolute Gasteiger partial charge is 0.221 e. The topological polar surface area (TPSA) is 66.5 Å². The van der Waals surface area contributed by atoms with Gasteiger partial charge in [0.05, 0.1) is 5.75 Å². The van der Waals surface area contributed by atoms with E-state index >= 15 is 0 Å². The molecule has 7 heteroatoms. The summed E-state index contributed by atoms with van der Waals surface area (Å²) in [7, 11) is -3.08. The lowest BCUT2D eigenvalue weighted by molar-refractivity contribution is -0.121. The molecule has 1 amide bonds. The zero-order valence-electron chi connectivity index (χ0n) is 10.7. The van der Waals surface area contributed by atoms with E-state index in [1.54, 1.807) is 4.31 Å². The lowest BCUT2D eigenvalue weighted by atomic mass is 10.1. The Kier molecular flexibility index (Phi) is 6.59. The van der Waals surface area contributed by atoms with Crippen molar-refractivity contribution in [3.8, 4) is 0 Å². The second kappa shape index (κ2) is 7.45. The van der Waals surface area contributed by atoms with E-state index in [9.17, 15) is 13.2 Å². The number of nitrogens with zero attached hydrogens (tertiary/aromatic N) is 1. The first-order valence-corrected chi connectivity index (χ1v) is 9.05. The molecule has 18 heavy (non-hydrogen) atoms. The van der Waals surface area contributed by atoms with E-state index in [-0.39, 0.29) is 17.7 Å². The van der Waals surface area contributed by atoms with Gasteiger partial charge < -0.3 is 5.32 Å². The van der Waals surface area contributed by atoms with Crippen LogP contribution in [0.3, 0.4) is 0 Å². The van der Waals surface area contributed by atoms with Crippen LogP contribution in [0.15, 0.2) is 0 Å². The number of hydrogen-bond acceptors (Lipinski definition) is 3. The van der Waals surface area contributed by atoms with Gasteiger partial charge in [0.25, 0.3) is 0 Å². The van der Waals surface area contributed by atoms with Crippen molar-refractivity contribution >= 4 is 31.9 Å². The first kappa shape index (κ1) is 15.9. The lowest BCUT2D eigenvalue weighted by Crippen LogP contribution is -2.47. The molecule has 1 saturated heterocycles. The summed E-state index contributed by atoms with van der Waals surface area (Å²) in [6, 6.07) is 0.115. The number of hydrogen-bond donors (Lipinski definition) is 1. The highest BCUT2D eigenvalue weighted by Crippen LogP contribution is 2.15. The van der Waals surface area contributed by atoms with Crippen LogP contribution in [0.2, 0.25) is 0 Å². The van der Waals surface area contributed by atoms with Gasteiger partial charge in [-0.3, -0.25) is 4.79 Å². The average molecular weight is 341 g/mol. The van der Waals surface area contributed by atoms with E-state index < -0.39 is 10.0 Å². The van der Waals surface area contributed by atoms with Gasteiger partial charge in [0.15, 0.2) is 0 Å². The molecular formula is C11H21BrN2O3S. The fourth-order valence-electron chi connectivity index (χ4n) is 2.05. The molecule has 0 bridgehead atoms. The van der Waals surface area contributed by atoms with E-state index in [0.29, 0.717) is 44.1 Å². The quantitative estimate of drug-likeness (QED) is 0.736. The standard InChI is InChI=1S/C11H21BrN2O3S/c1-2-9-18(16,17)14-7-4-10(5-8-14)13-11(15)3-6-12/h10H,2-9H2,1H3,(H,13,15). The zero-order valence-corrected chi connectivity index (χ0v) is 13.1. The first-order valence-electron chi connectivity index (χ1n) is 6.32. The van der Waals surface area contributed by atoms with Gasteiger partial charge in [-0.1, -0.05) is 22.9 Å². The molecule has 0 aromatic rings. The van der Waals surface area contributed by atoms with Gasteiger partial charge in [0, 0.05) is 30.9 Å². The minimum atomic E-state index is -3.08. The molecule has 0 aromatic carbocycles. The van der Waals surface area contributed by atoms with Crippen LogP contribution >= 0.6 is 15.9 Å². The Hall–Kier alpha value is -0.140. The lowest BCUT2D eigenvalue weighted by Gasteiger charge is -2.31. The summed E-state index contributed by atoms with van der Waals surface area (Å²) in [6.45, 7) is 2.90. The molecule has 1 rings (SSSR count). The SMILES string of the molecule is CCCS(=O)(=O)N1CCC(NC(=O)CCBr)CC1. The van der Waals surface area contributed by atoms with Crippen molar-refractivity contribution in [2.24, 2.45) is 0 Å². The number of alkyl halides is 1. The van der Waals surface area contributed by atoms with Crippen molar-refractivity contribution < 1.29 is 13.2 Å². The van der Waals surface area contributed by atoms with Crippen LogP contribution in [0.5, 0.6) is 0 Å². The summed E-state index contributed by atoms with van der Waals surface area (Å²) in [4.78, 5) is 11.4. The van der Waals surface area contributed by atoms with E-state index in [1.165, 1.54) is 0 Å². The number of halogens is 1. The molecule has 0 radical (unpaired) electrons. The van der Waals surface area contributed by atoms with Gasteiger partial charge in [-0.05, 0) is 19.3 Å². The second-order valence-electron chi connectivity index (χ2n) is 4.50. The molecule has 1 heterocycles. The molecule has 0 atom stereocenters. The maximum Gasteiger partial charge on any atom is 0.221 e. The van der Waals surface area contributed by atoms with Crippen LogP contribution in [-0.4, -0.2) is 48.8 Å². The molecule has 1 fully saturated rings. The summed E-state index contributed by atoms with van der Waals surface area (Å²) >= 11 is 3.22. The average Bonchev–Trinajstić information content (AvgIpc) is 2.30. The van der Waals surface area contributed by atoms with Crippen LogP contribution in [0.1, 0.15) is 32.6 Å². The van der Waals surface area contributed by atoms with Gasteiger partial charge in [-0.25, -0.2) is 12.7 Å². The van der Waals surface area contributed by atoms with E-state index in [2.05, 4.69) is 21.2 Å². The van der Waals surface area contributed by atoms with Crippen LogP contribution in [0, 0.1) is 0 Å². The van der Waals surface area contributed by atoms with Crippen LogP contribution in [-0.2, 0) is 14.8 Å². The molecule has 5 nitrogen and oxygen atoms in total. The van der Waals surface area contributed by atoms with Crippen LogP contribution < -0.4 is 5.32 Å². The van der Waals surface area contributed by atoms with Crippen molar-refractivity contribution in [1.29, 1.82) is 0 Å². The molecule has 0 unspecified atom stereocenters. The van der Waals surface area contributed by atoms with Gasteiger partial charge in [-0.15, -0.1) is 0 Å². The Morgan fingerprint density at radius 3 is 2.50 bits per heavy atom. The third-order valence-corrected chi connectivity index (χ3v) is 5.47. The summed E-state index contributed by atoms with van der Waals surface area (Å²) < 4.78 is 25.2. The monoisotopic (exact) mass is 340 g/mol. The van der Waals surface area contributed by atoms with Gasteiger partial charge in [0.1, 0.15) is 0 Å². The molecule has 1 N–H and O–H groups in total. The fraction of sp³-hybridized carbons (Fsp3) is 0.909. The molecule has 0 saturated carbocycles. The minimum Gasteiger partial charge on any atom is -0.353 e. The largest absolute Gasteiger partial charge is 0.353 e. The number of amides is 1. The van der Waals surface area contributed by atoms with Crippen molar-refractivity contribution in [2.45, 2.75) is 38.6 Å². The van der Waals surface area contributed by atoms with Crippen molar-refractivity contribution in [3.63, 3.8) is 0 Å². The summed E-state index contributed by atoms with van der Waals surface area (Å²) in [5.74, 6) is 0.245. The predicted octanol–water partition coefficient (Wildman–Crippen LogP) is 1.09. The fourth-order valence-corrected chi connectivity index (χ4v) is 3.95. The third kappa shape index (κ3) is 4.85. The molecule has 1 aliphatic heterocycles. The number of carbonyl (C=O) groups excluding carboxylic acids is 1. The van der Waals surface area contributed by atoms with Crippen molar-refractivity contribution in [2.75, 3.05) is 24.2 Å². The maximum absolute atomic E-state index is 11.8. The number of nitrogens with one attached hydrogen (secondary N) is 1. The van der Waals surface area contributed by atoms with Gasteiger partial charge in [-0.2, -0.15) is 0 Å². The molecule has 0 spiro atoms.